The average Bonchev–Trinajstić information content (AvgIpc) is 2.40. The van der Waals surface area contributed by atoms with E-state index in [9.17, 15) is 4.39 Å². The van der Waals surface area contributed by atoms with Crippen LogP contribution in [0.15, 0.2) is 18.2 Å². The molecular weight excluding hydrogens is 181 g/mol. The van der Waals surface area contributed by atoms with E-state index in [-0.39, 0.29) is 23.9 Å². The predicted molar refractivity (Wildman–Crippen MR) is 52.9 cm³/mol. The fourth-order valence-electron chi connectivity index (χ4n) is 2.12. The SMILES string of the molecule is CC(N)C1c2cc(F)ccc2OC1C. The van der Waals surface area contributed by atoms with Gasteiger partial charge in [0.2, 0.25) is 0 Å². The van der Waals surface area contributed by atoms with Gasteiger partial charge in [-0.15, -0.1) is 0 Å². The minimum atomic E-state index is -0.230. The Morgan fingerprint density at radius 2 is 2.21 bits per heavy atom. The lowest BCUT2D eigenvalue weighted by atomic mass is 9.90. The molecule has 2 rings (SSSR count). The normalized spacial score (nSPS) is 26.9. The molecule has 0 radical (unpaired) electrons. The van der Waals surface area contributed by atoms with Gasteiger partial charge in [-0.05, 0) is 32.0 Å². The van der Waals surface area contributed by atoms with E-state index in [4.69, 9.17) is 10.5 Å². The fourth-order valence-corrected chi connectivity index (χ4v) is 2.12. The largest absolute Gasteiger partial charge is 0.490 e. The maximum atomic E-state index is 13.0. The van der Waals surface area contributed by atoms with E-state index < -0.39 is 0 Å². The zero-order valence-corrected chi connectivity index (χ0v) is 8.33. The molecule has 2 N–H and O–H groups in total. The highest BCUT2D eigenvalue weighted by Gasteiger charge is 2.33. The third-order valence-electron chi connectivity index (χ3n) is 2.72. The minimum Gasteiger partial charge on any atom is -0.490 e. The van der Waals surface area contributed by atoms with Gasteiger partial charge in [0.25, 0.3) is 0 Å². The van der Waals surface area contributed by atoms with Crippen molar-refractivity contribution in [2.75, 3.05) is 0 Å². The van der Waals surface area contributed by atoms with Gasteiger partial charge < -0.3 is 10.5 Å². The Morgan fingerprint density at radius 1 is 1.50 bits per heavy atom. The van der Waals surface area contributed by atoms with Crippen LogP contribution in [0.1, 0.15) is 25.3 Å². The number of ether oxygens (including phenoxy) is 1. The molecule has 1 aliphatic rings. The molecule has 0 saturated carbocycles. The average molecular weight is 195 g/mol. The highest BCUT2D eigenvalue weighted by atomic mass is 19.1. The van der Waals surface area contributed by atoms with E-state index in [0.29, 0.717) is 0 Å². The van der Waals surface area contributed by atoms with E-state index >= 15 is 0 Å². The van der Waals surface area contributed by atoms with Crippen molar-refractivity contribution in [2.24, 2.45) is 5.73 Å². The summed E-state index contributed by atoms with van der Waals surface area (Å²) in [6.07, 6.45) is 0.0341. The summed E-state index contributed by atoms with van der Waals surface area (Å²) in [5, 5.41) is 0. The van der Waals surface area contributed by atoms with Gasteiger partial charge >= 0.3 is 0 Å². The van der Waals surface area contributed by atoms with Crippen LogP contribution in [0.5, 0.6) is 5.75 Å². The second kappa shape index (κ2) is 3.24. The molecule has 1 aliphatic heterocycles. The van der Waals surface area contributed by atoms with E-state index in [2.05, 4.69) is 0 Å². The number of rotatable bonds is 1. The summed E-state index contributed by atoms with van der Waals surface area (Å²) in [5.41, 5.74) is 6.75. The summed E-state index contributed by atoms with van der Waals surface area (Å²) in [5.74, 6) is 0.633. The molecule has 14 heavy (non-hydrogen) atoms. The predicted octanol–water partition coefficient (Wildman–Crippen LogP) is 2.04. The molecule has 3 atom stereocenters. The number of nitrogens with two attached hydrogens (primary N) is 1. The van der Waals surface area contributed by atoms with Crippen molar-refractivity contribution >= 4 is 0 Å². The van der Waals surface area contributed by atoms with Gasteiger partial charge in [-0.1, -0.05) is 0 Å². The van der Waals surface area contributed by atoms with Crippen molar-refractivity contribution in [1.29, 1.82) is 0 Å². The lowest BCUT2D eigenvalue weighted by Crippen LogP contribution is -2.31. The van der Waals surface area contributed by atoms with Gasteiger partial charge in [-0.2, -0.15) is 0 Å². The number of hydrogen-bond acceptors (Lipinski definition) is 2. The summed E-state index contributed by atoms with van der Waals surface area (Å²) < 4.78 is 18.6. The first-order chi connectivity index (χ1) is 6.59. The Kier molecular flexibility index (Phi) is 2.19. The van der Waals surface area contributed by atoms with E-state index in [1.165, 1.54) is 12.1 Å². The molecule has 0 saturated heterocycles. The van der Waals surface area contributed by atoms with Crippen LogP contribution in [0.3, 0.4) is 0 Å². The van der Waals surface area contributed by atoms with Crippen LogP contribution in [0.2, 0.25) is 0 Å². The molecule has 0 aromatic heterocycles. The Bertz CT molecular complexity index is 351. The van der Waals surface area contributed by atoms with Crippen LogP contribution in [0.4, 0.5) is 4.39 Å². The second-order valence-electron chi connectivity index (χ2n) is 3.89. The second-order valence-corrected chi connectivity index (χ2v) is 3.89. The van der Waals surface area contributed by atoms with Gasteiger partial charge in [0.15, 0.2) is 0 Å². The van der Waals surface area contributed by atoms with Crippen LogP contribution in [-0.2, 0) is 0 Å². The van der Waals surface area contributed by atoms with Crippen molar-refractivity contribution in [3.63, 3.8) is 0 Å². The molecular formula is C11H14FNO. The highest BCUT2D eigenvalue weighted by Crippen LogP contribution is 2.39. The smallest absolute Gasteiger partial charge is 0.123 e. The molecule has 76 valence electrons. The number of halogens is 1. The zero-order valence-electron chi connectivity index (χ0n) is 8.33. The molecule has 2 nitrogen and oxygen atoms in total. The minimum absolute atomic E-state index is 0.0203. The van der Waals surface area contributed by atoms with Gasteiger partial charge in [0.05, 0.1) is 0 Å². The zero-order chi connectivity index (χ0) is 10.3. The Balaban J connectivity index is 2.44. The van der Waals surface area contributed by atoms with Crippen LogP contribution < -0.4 is 10.5 Å². The molecule has 3 unspecified atom stereocenters. The van der Waals surface area contributed by atoms with Crippen LogP contribution in [-0.4, -0.2) is 12.1 Å². The first-order valence-electron chi connectivity index (χ1n) is 4.81. The van der Waals surface area contributed by atoms with Gasteiger partial charge in [0, 0.05) is 17.5 Å². The monoisotopic (exact) mass is 195 g/mol. The number of hydrogen-bond donors (Lipinski definition) is 1. The van der Waals surface area contributed by atoms with Gasteiger partial charge in [-0.25, -0.2) is 4.39 Å². The molecule has 1 aromatic carbocycles. The summed E-state index contributed by atoms with van der Waals surface area (Å²) in [7, 11) is 0. The van der Waals surface area contributed by atoms with E-state index in [1.54, 1.807) is 6.07 Å². The summed E-state index contributed by atoms with van der Waals surface area (Å²) in [6, 6.07) is 4.58. The van der Waals surface area contributed by atoms with Crippen LogP contribution in [0.25, 0.3) is 0 Å². The van der Waals surface area contributed by atoms with Crippen molar-refractivity contribution in [3.05, 3.63) is 29.6 Å². The molecule has 1 aromatic rings. The lowest BCUT2D eigenvalue weighted by molar-refractivity contribution is 0.215. The third-order valence-corrected chi connectivity index (χ3v) is 2.72. The highest BCUT2D eigenvalue weighted by molar-refractivity contribution is 5.42. The van der Waals surface area contributed by atoms with Crippen LogP contribution >= 0.6 is 0 Å². The van der Waals surface area contributed by atoms with Crippen molar-refractivity contribution < 1.29 is 9.13 Å². The molecule has 0 bridgehead atoms. The molecule has 0 aliphatic carbocycles. The molecule has 1 heterocycles. The Hall–Kier alpha value is -1.09. The van der Waals surface area contributed by atoms with E-state index in [0.717, 1.165) is 11.3 Å². The Labute approximate surface area is 82.9 Å². The maximum absolute atomic E-state index is 13.0. The standard InChI is InChI=1S/C11H14FNO/c1-6(13)11-7(2)14-10-4-3-8(12)5-9(10)11/h3-7,11H,13H2,1-2H3. The van der Waals surface area contributed by atoms with E-state index in [1.807, 2.05) is 13.8 Å². The lowest BCUT2D eigenvalue weighted by Gasteiger charge is -2.18. The summed E-state index contributed by atoms with van der Waals surface area (Å²) in [6.45, 7) is 3.89. The van der Waals surface area contributed by atoms with Gasteiger partial charge in [-0.3, -0.25) is 0 Å². The van der Waals surface area contributed by atoms with Crippen molar-refractivity contribution in [2.45, 2.75) is 31.9 Å². The quantitative estimate of drug-likeness (QED) is 0.744. The summed E-state index contributed by atoms with van der Waals surface area (Å²) >= 11 is 0. The molecule has 0 fully saturated rings. The topological polar surface area (TPSA) is 35.2 Å². The first-order valence-corrected chi connectivity index (χ1v) is 4.81. The molecule has 3 heteroatoms. The first kappa shape index (κ1) is 9.46. The molecule has 0 spiro atoms. The van der Waals surface area contributed by atoms with Crippen molar-refractivity contribution in [1.82, 2.24) is 0 Å². The third kappa shape index (κ3) is 1.38. The maximum Gasteiger partial charge on any atom is 0.123 e. The number of fused-ring (bicyclic) bond motifs is 1. The van der Waals surface area contributed by atoms with Gasteiger partial charge in [0.1, 0.15) is 17.7 Å². The number of benzene rings is 1. The molecule has 0 amide bonds. The Morgan fingerprint density at radius 3 is 2.86 bits per heavy atom. The van der Waals surface area contributed by atoms with Crippen LogP contribution in [0, 0.1) is 5.82 Å². The fraction of sp³-hybridized carbons (Fsp3) is 0.455. The summed E-state index contributed by atoms with van der Waals surface area (Å²) in [4.78, 5) is 0. The van der Waals surface area contributed by atoms with Crippen molar-refractivity contribution in [3.8, 4) is 5.75 Å².